The molecule has 0 saturated carbocycles. The first-order chi connectivity index (χ1) is 12.3. The number of hydrogen-bond acceptors (Lipinski definition) is 3. The van der Waals surface area contributed by atoms with Crippen molar-refractivity contribution in [1.29, 1.82) is 0 Å². The SMILES string of the molecule is Oc1ccccc1-c1onc(Cc2ccccc2)c1-c1ccccc1. The van der Waals surface area contributed by atoms with Crippen LogP contribution in [0.2, 0.25) is 0 Å². The number of para-hydroxylation sites is 1. The number of rotatable bonds is 4. The van der Waals surface area contributed by atoms with Gasteiger partial charge in [0.2, 0.25) is 0 Å². The fourth-order valence-corrected chi connectivity index (χ4v) is 2.98. The van der Waals surface area contributed by atoms with Crippen molar-refractivity contribution >= 4 is 0 Å². The minimum Gasteiger partial charge on any atom is -0.507 e. The number of phenols is 1. The molecule has 0 aliphatic rings. The molecular formula is C22H17NO2. The van der Waals surface area contributed by atoms with Gasteiger partial charge in [0.1, 0.15) is 5.75 Å². The molecule has 1 N–H and O–H groups in total. The maximum Gasteiger partial charge on any atom is 0.178 e. The van der Waals surface area contributed by atoms with E-state index in [2.05, 4.69) is 17.3 Å². The van der Waals surface area contributed by atoms with Gasteiger partial charge in [0.15, 0.2) is 5.76 Å². The molecule has 1 aromatic heterocycles. The predicted octanol–water partition coefficient (Wildman–Crippen LogP) is 5.31. The van der Waals surface area contributed by atoms with Gasteiger partial charge >= 0.3 is 0 Å². The average molecular weight is 327 g/mol. The van der Waals surface area contributed by atoms with Crippen molar-refractivity contribution in [2.75, 3.05) is 0 Å². The van der Waals surface area contributed by atoms with Crippen molar-refractivity contribution in [2.24, 2.45) is 0 Å². The summed E-state index contributed by atoms with van der Waals surface area (Å²) in [6.45, 7) is 0. The van der Waals surface area contributed by atoms with Gasteiger partial charge in [-0.25, -0.2) is 0 Å². The molecule has 0 saturated heterocycles. The Balaban J connectivity index is 1.87. The summed E-state index contributed by atoms with van der Waals surface area (Å²) in [5.74, 6) is 0.775. The molecule has 0 aliphatic heterocycles. The van der Waals surface area contributed by atoms with Crippen LogP contribution in [0.15, 0.2) is 89.5 Å². The average Bonchev–Trinajstić information content (AvgIpc) is 3.07. The minimum absolute atomic E-state index is 0.182. The van der Waals surface area contributed by atoms with Crippen LogP contribution in [0.1, 0.15) is 11.3 Å². The first kappa shape index (κ1) is 15.2. The van der Waals surface area contributed by atoms with E-state index in [1.54, 1.807) is 12.1 Å². The molecule has 0 unspecified atom stereocenters. The first-order valence-electron chi connectivity index (χ1n) is 8.19. The van der Waals surface area contributed by atoms with Gasteiger partial charge in [0, 0.05) is 6.42 Å². The zero-order chi connectivity index (χ0) is 17.1. The van der Waals surface area contributed by atoms with Crippen LogP contribution in [0.5, 0.6) is 5.75 Å². The summed E-state index contributed by atoms with van der Waals surface area (Å²) in [5.41, 5.74) is 4.61. The highest BCUT2D eigenvalue weighted by atomic mass is 16.5. The van der Waals surface area contributed by atoms with Crippen molar-refractivity contribution in [3.8, 4) is 28.2 Å². The number of benzene rings is 3. The Hall–Kier alpha value is -3.33. The van der Waals surface area contributed by atoms with E-state index in [0.717, 1.165) is 22.4 Å². The number of aromatic hydroxyl groups is 1. The molecular weight excluding hydrogens is 310 g/mol. The predicted molar refractivity (Wildman–Crippen MR) is 98.3 cm³/mol. The Morgan fingerprint density at radius 3 is 2.12 bits per heavy atom. The zero-order valence-electron chi connectivity index (χ0n) is 13.6. The fourth-order valence-electron chi connectivity index (χ4n) is 2.98. The molecule has 0 atom stereocenters. The van der Waals surface area contributed by atoms with Gasteiger partial charge in [-0.1, -0.05) is 78.0 Å². The van der Waals surface area contributed by atoms with Crippen LogP contribution in [0.3, 0.4) is 0 Å². The summed E-state index contributed by atoms with van der Waals surface area (Å²) in [5, 5.41) is 14.6. The summed E-state index contributed by atoms with van der Waals surface area (Å²) in [7, 11) is 0. The van der Waals surface area contributed by atoms with Gasteiger partial charge in [-0.3, -0.25) is 0 Å². The highest BCUT2D eigenvalue weighted by molar-refractivity contribution is 5.83. The van der Waals surface area contributed by atoms with E-state index < -0.39 is 0 Å². The third kappa shape index (κ3) is 3.04. The molecule has 122 valence electrons. The second kappa shape index (κ2) is 6.65. The largest absolute Gasteiger partial charge is 0.507 e. The lowest BCUT2D eigenvalue weighted by atomic mass is 9.96. The molecule has 3 heteroatoms. The van der Waals surface area contributed by atoms with Crippen LogP contribution in [0.25, 0.3) is 22.5 Å². The smallest absolute Gasteiger partial charge is 0.178 e. The van der Waals surface area contributed by atoms with E-state index in [0.29, 0.717) is 17.7 Å². The fraction of sp³-hybridized carbons (Fsp3) is 0.0455. The molecule has 4 aromatic rings. The van der Waals surface area contributed by atoms with E-state index in [1.165, 1.54) is 0 Å². The molecule has 0 amide bonds. The quantitative estimate of drug-likeness (QED) is 0.553. The summed E-state index contributed by atoms with van der Waals surface area (Å²) in [6, 6.07) is 27.4. The van der Waals surface area contributed by atoms with Crippen molar-refractivity contribution in [2.45, 2.75) is 6.42 Å². The maximum atomic E-state index is 10.2. The summed E-state index contributed by atoms with van der Waals surface area (Å²) >= 11 is 0. The van der Waals surface area contributed by atoms with Crippen LogP contribution in [-0.2, 0) is 6.42 Å². The lowest BCUT2D eigenvalue weighted by Gasteiger charge is -2.06. The lowest BCUT2D eigenvalue weighted by molar-refractivity contribution is 0.420. The Kier molecular flexibility index (Phi) is 4.05. The van der Waals surface area contributed by atoms with Crippen molar-refractivity contribution < 1.29 is 9.63 Å². The standard InChI is InChI=1S/C22H17NO2/c24-20-14-8-7-13-18(20)22-21(17-11-5-2-6-12-17)19(23-25-22)15-16-9-3-1-4-10-16/h1-14,24H,15H2. The Morgan fingerprint density at radius 1 is 0.760 bits per heavy atom. The van der Waals surface area contributed by atoms with Crippen LogP contribution < -0.4 is 0 Å². The third-order valence-corrected chi connectivity index (χ3v) is 4.19. The van der Waals surface area contributed by atoms with Crippen LogP contribution in [0, 0.1) is 0 Å². The van der Waals surface area contributed by atoms with Gasteiger partial charge < -0.3 is 9.63 Å². The molecule has 25 heavy (non-hydrogen) atoms. The van der Waals surface area contributed by atoms with E-state index in [1.807, 2.05) is 60.7 Å². The molecule has 0 bridgehead atoms. The summed E-state index contributed by atoms with van der Waals surface area (Å²) in [4.78, 5) is 0. The molecule has 0 fully saturated rings. The normalized spacial score (nSPS) is 10.7. The van der Waals surface area contributed by atoms with E-state index in [4.69, 9.17) is 4.52 Å². The molecule has 3 aromatic carbocycles. The topological polar surface area (TPSA) is 46.3 Å². The lowest BCUT2D eigenvalue weighted by Crippen LogP contribution is -1.92. The van der Waals surface area contributed by atoms with Crippen molar-refractivity contribution in [3.05, 3.63) is 96.2 Å². The second-order valence-corrected chi connectivity index (χ2v) is 5.88. The maximum absolute atomic E-state index is 10.2. The van der Waals surface area contributed by atoms with E-state index >= 15 is 0 Å². The Bertz CT molecular complexity index is 975. The molecule has 3 nitrogen and oxygen atoms in total. The van der Waals surface area contributed by atoms with Gasteiger partial charge in [0.25, 0.3) is 0 Å². The molecule has 0 spiro atoms. The number of phenolic OH excluding ortho intramolecular Hbond substituents is 1. The second-order valence-electron chi connectivity index (χ2n) is 5.88. The highest BCUT2D eigenvalue weighted by Gasteiger charge is 2.21. The Morgan fingerprint density at radius 2 is 1.40 bits per heavy atom. The molecule has 4 rings (SSSR count). The van der Waals surface area contributed by atoms with E-state index in [-0.39, 0.29) is 5.75 Å². The minimum atomic E-state index is 0.182. The number of nitrogens with zero attached hydrogens (tertiary/aromatic N) is 1. The Labute approximate surface area is 146 Å². The number of aromatic nitrogens is 1. The monoisotopic (exact) mass is 327 g/mol. The van der Waals surface area contributed by atoms with Crippen molar-refractivity contribution in [1.82, 2.24) is 5.16 Å². The van der Waals surface area contributed by atoms with Gasteiger partial charge in [0.05, 0.1) is 16.8 Å². The third-order valence-electron chi connectivity index (χ3n) is 4.19. The van der Waals surface area contributed by atoms with Crippen molar-refractivity contribution in [3.63, 3.8) is 0 Å². The highest BCUT2D eigenvalue weighted by Crippen LogP contribution is 2.39. The zero-order valence-corrected chi connectivity index (χ0v) is 13.6. The van der Waals surface area contributed by atoms with Crippen LogP contribution in [-0.4, -0.2) is 10.3 Å². The van der Waals surface area contributed by atoms with Gasteiger partial charge in [-0.2, -0.15) is 0 Å². The molecule has 0 aliphatic carbocycles. The summed E-state index contributed by atoms with van der Waals surface area (Å²) in [6.07, 6.45) is 0.669. The molecule has 1 heterocycles. The van der Waals surface area contributed by atoms with Gasteiger partial charge in [-0.05, 0) is 23.3 Å². The number of hydrogen-bond donors (Lipinski definition) is 1. The van der Waals surface area contributed by atoms with Gasteiger partial charge in [-0.15, -0.1) is 0 Å². The first-order valence-corrected chi connectivity index (χ1v) is 8.19. The molecule has 0 radical (unpaired) electrons. The van der Waals surface area contributed by atoms with Crippen LogP contribution in [0.4, 0.5) is 0 Å². The van der Waals surface area contributed by atoms with E-state index in [9.17, 15) is 5.11 Å². The van der Waals surface area contributed by atoms with Crippen LogP contribution >= 0.6 is 0 Å². The summed E-state index contributed by atoms with van der Waals surface area (Å²) < 4.78 is 5.68.